The van der Waals surface area contributed by atoms with Gasteiger partial charge in [-0.25, -0.2) is 4.79 Å². The average molecular weight is 244 g/mol. The molecule has 0 heterocycles. The van der Waals surface area contributed by atoms with Crippen LogP contribution in [0.1, 0.15) is 31.2 Å². The zero-order valence-corrected chi connectivity index (χ0v) is 10.2. The van der Waals surface area contributed by atoms with Crippen molar-refractivity contribution in [2.45, 2.75) is 32.3 Å². The van der Waals surface area contributed by atoms with Crippen molar-refractivity contribution < 1.29 is 14.3 Å². The first kappa shape index (κ1) is 12.6. The number of hydrogen-bond acceptors (Lipinski definition) is 3. The summed E-state index contributed by atoms with van der Waals surface area (Å²) in [6, 6.07) is 9.64. The Kier molecular flexibility index (Phi) is 4.32. The van der Waals surface area contributed by atoms with E-state index in [-0.39, 0.29) is 11.9 Å². The molecule has 94 valence electrons. The van der Waals surface area contributed by atoms with Crippen LogP contribution in [-0.2, 0) is 20.9 Å². The van der Waals surface area contributed by atoms with E-state index in [1.54, 1.807) is 0 Å². The number of esters is 1. The summed E-state index contributed by atoms with van der Waals surface area (Å²) in [7, 11) is 0. The molecule has 0 spiro atoms. The molecule has 0 unspecified atom stereocenters. The van der Waals surface area contributed by atoms with Crippen molar-refractivity contribution in [1.29, 1.82) is 0 Å². The molecule has 3 nitrogen and oxygen atoms in total. The first-order valence-corrected chi connectivity index (χ1v) is 6.23. The minimum absolute atomic E-state index is 0.0641. The Morgan fingerprint density at radius 1 is 1.22 bits per heavy atom. The normalized spacial score (nSPS) is 19.1. The van der Waals surface area contributed by atoms with Crippen LogP contribution in [-0.4, -0.2) is 11.9 Å². The van der Waals surface area contributed by atoms with E-state index in [0.29, 0.717) is 32.3 Å². The largest absolute Gasteiger partial charge is 0.461 e. The summed E-state index contributed by atoms with van der Waals surface area (Å²) in [6.45, 7) is 0.326. The Hall–Kier alpha value is -1.86. The molecule has 1 saturated carbocycles. The highest BCUT2D eigenvalue weighted by molar-refractivity contribution is 5.73. The van der Waals surface area contributed by atoms with Crippen LogP contribution in [0.5, 0.6) is 0 Å². The second kappa shape index (κ2) is 6.18. The van der Waals surface area contributed by atoms with E-state index < -0.39 is 0 Å². The standard InChI is InChI=1S/C15H16O3/c16-10-12-6-8-14(9-7-12)15(17)18-11-13-4-2-1-3-5-13/h1-5,14H,6-9,11H2. The lowest BCUT2D eigenvalue weighted by Gasteiger charge is -2.20. The third kappa shape index (κ3) is 3.31. The van der Waals surface area contributed by atoms with Gasteiger partial charge in [0.05, 0.1) is 5.92 Å². The van der Waals surface area contributed by atoms with Crippen molar-refractivity contribution in [3.05, 3.63) is 41.5 Å². The van der Waals surface area contributed by atoms with Crippen LogP contribution in [0.15, 0.2) is 35.9 Å². The maximum absolute atomic E-state index is 11.8. The quantitative estimate of drug-likeness (QED) is 0.606. The van der Waals surface area contributed by atoms with Crippen LogP contribution >= 0.6 is 0 Å². The van der Waals surface area contributed by atoms with E-state index in [9.17, 15) is 9.59 Å². The number of benzene rings is 1. The molecular formula is C15H16O3. The van der Waals surface area contributed by atoms with Crippen molar-refractivity contribution in [2.24, 2.45) is 5.92 Å². The molecule has 1 aliphatic rings. The first-order valence-electron chi connectivity index (χ1n) is 6.23. The number of rotatable bonds is 3. The van der Waals surface area contributed by atoms with Gasteiger partial charge in [-0.05, 0) is 31.2 Å². The predicted octanol–water partition coefficient (Wildman–Crippen LogP) is 2.68. The molecule has 0 aliphatic heterocycles. The molecule has 0 atom stereocenters. The molecule has 1 aromatic rings. The zero-order chi connectivity index (χ0) is 12.8. The third-order valence-electron chi connectivity index (χ3n) is 3.29. The fourth-order valence-corrected chi connectivity index (χ4v) is 2.15. The van der Waals surface area contributed by atoms with E-state index in [0.717, 1.165) is 11.1 Å². The second-order valence-corrected chi connectivity index (χ2v) is 4.57. The summed E-state index contributed by atoms with van der Waals surface area (Å²) < 4.78 is 5.29. The Morgan fingerprint density at radius 2 is 1.89 bits per heavy atom. The SMILES string of the molecule is O=C=C1CCC(C(=O)OCc2ccccc2)CC1. The molecule has 18 heavy (non-hydrogen) atoms. The Morgan fingerprint density at radius 3 is 2.50 bits per heavy atom. The summed E-state index contributed by atoms with van der Waals surface area (Å²) >= 11 is 0. The lowest BCUT2D eigenvalue weighted by atomic mass is 9.86. The smallest absolute Gasteiger partial charge is 0.309 e. The molecule has 0 radical (unpaired) electrons. The van der Waals surface area contributed by atoms with Gasteiger partial charge in [-0.3, -0.25) is 4.79 Å². The summed E-state index contributed by atoms with van der Waals surface area (Å²) in [5.41, 5.74) is 1.79. The number of hydrogen-bond donors (Lipinski definition) is 0. The van der Waals surface area contributed by atoms with Crippen LogP contribution in [0.25, 0.3) is 0 Å². The van der Waals surface area contributed by atoms with Gasteiger partial charge in [0.2, 0.25) is 0 Å². The van der Waals surface area contributed by atoms with Gasteiger partial charge < -0.3 is 4.74 Å². The fourth-order valence-electron chi connectivity index (χ4n) is 2.15. The highest BCUT2D eigenvalue weighted by atomic mass is 16.5. The molecular weight excluding hydrogens is 228 g/mol. The van der Waals surface area contributed by atoms with Gasteiger partial charge in [-0.15, -0.1) is 0 Å². The van der Waals surface area contributed by atoms with Crippen LogP contribution in [0.2, 0.25) is 0 Å². The van der Waals surface area contributed by atoms with Crippen molar-refractivity contribution in [2.75, 3.05) is 0 Å². The van der Waals surface area contributed by atoms with Gasteiger partial charge in [-0.2, -0.15) is 0 Å². The van der Waals surface area contributed by atoms with Gasteiger partial charge in [0.1, 0.15) is 12.5 Å². The summed E-state index contributed by atoms with van der Waals surface area (Å²) in [6.07, 6.45) is 2.76. The van der Waals surface area contributed by atoms with Gasteiger partial charge >= 0.3 is 5.97 Å². The van der Waals surface area contributed by atoms with Gasteiger partial charge in [0.15, 0.2) is 0 Å². The molecule has 0 bridgehead atoms. The van der Waals surface area contributed by atoms with Gasteiger partial charge in [0.25, 0.3) is 0 Å². The average Bonchev–Trinajstić information content (AvgIpc) is 2.46. The number of allylic oxidation sites excluding steroid dienone is 1. The van der Waals surface area contributed by atoms with E-state index in [2.05, 4.69) is 0 Å². The van der Waals surface area contributed by atoms with Crippen LogP contribution in [0, 0.1) is 5.92 Å². The summed E-state index contributed by atoms with van der Waals surface area (Å²) in [5, 5.41) is 0. The van der Waals surface area contributed by atoms with Crippen molar-refractivity contribution in [3.63, 3.8) is 0 Å². The number of carbonyl (C=O) groups is 1. The van der Waals surface area contributed by atoms with Crippen LogP contribution < -0.4 is 0 Å². The third-order valence-corrected chi connectivity index (χ3v) is 3.29. The van der Waals surface area contributed by atoms with Crippen molar-refractivity contribution in [3.8, 4) is 0 Å². The minimum Gasteiger partial charge on any atom is -0.461 e. The molecule has 0 amide bonds. The monoisotopic (exact) mass is 244 g/mol. The van der Waals surface area contributed by atoms with Gasteiger partial charge in [-0.1, -0.05) is 30.3 Å². The van der Waals surface area contributed by atoms with E-state index in [4.69, 9.17) is 4.74 Å². The number of ether oxygens (including phenoxy) is 1. The van der Waals surface area contributed by atoms with Gasteiger partial charge in [0, 0.05) is 5.57 Å². The Labute approximate surface area is 106 Å². The van der Waals surface area contributed by atoms with Crippen LogP contribution in [0.3, 0.4) is 0 Å². The van der Waals surface area contributed by atoms with E-state index in [1.807, 2.05) is 36.3 Å². The predicted molar refractivity (Wildman–Crippen MR) is 67.4 cm³/mol. The zero-order valence-electron chi connectivity index (χ0n) is 10.2. The molecule has 0 aromatic heterocycles. The lowest BCUT2D eigenvalue weighted by molar-refractivity contribution is -0.150. The highest BCUT2D eigenvalue weighted by Gasteiger charge is 2.24. The second-order valence-electron chi connectivity index (χ2n) is 4.57. The van der Waals surface area contributed by atoms with Crippen molar-refractivity contribution >= 4 is 11.9 Å². The van der Waals surface area contributed by atoms with Crippen molar-refractivity contribution in [1.82, 2.24) is 0 Å². The fraction of sp³-hybridized carbons (Fsp3) is 0.400. The maximum Gasteiger partial charge on any atom is 0.309 e. The van der Waals surface area contributed by atoms with E-state index in [1.165, 1.54) is 0 Å². The minimum atomic E-state index is -0.149. The highest BCUT2D eigenvalue weighted by Crippen LogP contribution is 2.27. The molecule has 0 saturated heterocycles. The molecule has 3 heteroatoms. The Balaban J connectivity index is 1.81. The molecule has 2 rings (SSSR count). The summed E-state index contributed by atoms with van der Waals surface area (Å²) in [5.74, 6) is 1.72. The number of carbonyl (C=O) groups excluding carboxylic acids is 2. The molecule has 1 fully saturated rings. The maximum atomic E-state index is 11.8. The first-order chi connectivity index (χ1) is 8.79. The summed E-state index contributed by atoms with van der Waals surface area (Å²) in [4.78, 5) is 22.3. The topological polar surface area (TPSA) is 43.4 Å². The lowest BCUT2D eigenvalue weighted by Crippen LogP contribution is -2.21. The Bertz CT molecular complexity index is 448. The van der Waals surface area contributed by atoms with E-state index >= 15 is 0 Å². The molecule has 1 aromatic carbocycles. The molecule has 0 N–H and O–H groups in total. The van der Waals surface area contributed by atoms with Crippen LogP contribution in [0.4, 0.5) is 0 Å². The molecule has 1 aliphatic carbocycles.